The molecule has 0 aliphatic carbocycles. The van der Waals surface area contributed by atoms with Crippen LogP contribution in [0.2, 0.25) is 0 Å². The number of carbonyl (C=O) groups excluding carboxylic acids is 1. The highest BCUT2D eigenvalue weighted by Crippen LogP contribution is 2.17. The van der Waals surface area contributed by atoms with E-state index in [-0.39, 0.29) is 11.3 Å². The number of hydrogen-bond donors (Lipinski definition) is 0. The van der Waals surface area contributed by atoms with Crippen molar-refractivity contribution in [1.29, 1.82) is 0 Å². The fourth-order valence-electron chi connectivity index (χ4n) is 2.19. The van der Waals surface area contributed by atoms with Crippen LogP contribution in [0.15, 0.2) is 12.1 Å². The summed E-state index contributed by atoms with van der Waals surface area (Å²) in [6, 6.07) is 3.28. The molecule has 2 nitrogen and oxygen atoms in total. The van der Waals surface area contributed by atoms with E-state index in [1.165, 1.54) is 6.07 Å². The number of rotatable bonds is 6. The van der Waals surface area contributed by atoms with Gasteiger partial charge in [-0.1, -0.05) is 19.9 Å². The smallest absolute Gasteiger partial charge is 0.167 e. The molecule has 0 bridgehead atoms. The Morgan fingerprint density at radius 3 is 2.33 bits per heavy atom. The van der Waals surface area contributed by atoms with Crippen LogP contribution in [0.25, 0.3) is 0 Å². The number of carbonyl (C=O) groups is 1. The molecule has 0 aliphatic rings. The second-order valence-corrected chi connectivity index (χ2v) is 4.64. The van der Waals surface area contributed by atoms with E-state index < -0.39 is 5.82 Å². The molecule has 100 valence electrons. The minimum atomic E-state index is -0.392. The third-order valence-corrected chi connectivity index (χ3v) is 3.26. The molecule has 0 aliphatic heterocycles. The van der Waals surface area contributed by atoms with Crippen LogP contribution in [0.3, 0.4) is 0 Å². The Bertz CT molecular complexity index is 401. The van der Waals surface area contributed by atoms with Crippen LogP contribution < -0.4 is 0 Å². The molecular formula is C15H22FNO. The first-order valence-corrected chi connectivity index (χ1v) is 6.51. The van der Waals surface area contributed by atoms with Crippen molar-refractivity contribution in [2.45, 2.75) is 34.1 Å². The van der Waals surface area contributed by atoms with Crippen LogP contribution in [-0.4, -0.2) is 30.3 Å². The Hall–Kier alpha value is -1.22. The molecule has 0 aromatic heterocycles. The third-order valence-electron chi connectivity index (χ3n) is 3.26. The molecule has 0 N–H and O–H groups in total. The molecular weight excluding hydrogens is 229 g/mol. The van der Waals surface area contributed by atoms with Crippen molar-refractivity contribution in [3.8, 4) is 0 Å². The average Bonchev–Trinajstić information content (AvgIpc) is 2.28. The summed E-state index contributed by atoms with van der Waals surface area (Å²) in [7, 11) is 0. The lowest BCUT2D eigenvalue weighted by Gasteiger charge is -2.17. The normalized spacial score (nSPS) is 11.0. The van der Waals surface area contributed by atoms with E-state index >= 15 is 0 Å². The largest absolute Gasteiger partial charge is 0.303 e. The minimum absolute atomic E-state index is 0.100. The third kappa shape index (κ3) is 3.64. The second-order valence-electron chi connectivity index (χ2n) is 4.64. The number of nitrogens with zero attached hydrogens (tertiary/aromatic N) is 1. The fourth-order valence-corrected chi connectivity index (χ4v) is 2.19. The quantitative estimate of drug-likeness (QED) is 0.723. The Morgan fingerprint density at radius 1 is 1.22 bits per heavy atom. The van der Waals surface area contributed by atoms with E-state index in [0.29, 0.717) is 13.0 Å². The van der Waals surface area contributed by atoms with Crippen LogP contribution in [0, 0.1) is 19.7 Å². The average molecular weight is 251 g/mol. The minimum Gasteiger partial charge on any atom is -0.303 e. The predicted octanol–water partition coefficient (Wildman–Crippen LogP) is 3.36. The molecule has 0 saturated heterocycles. The van der Waals surface area contributed by atoms with Gasteiger partial charge in [0.05, 0.1) is 5.56 Å². The molecule has 1 rings (SSSR count). The Labute approximate surface area is 109 Å². The molecule has 0 saturated carbocycles. The van der Waals surface area contributed by atoms with E-state index in [2.05, 4.69) is 18.7 Å². The molecule has 0 amide bonds. The second kappa shape index (κ2) is 6.64. The highest BCUT2D eigenvalue weighted by molar-refractivity contribution is 5.97. The lowest BCUT2D eigenvalue weighted by molar-refractivity contribution is 0.0962. The van der Waals surface area contributed by atoms with E-state index in [4.69, 9.17) is 0 Å². The molecule has 1 aromatic carbocycles. The Kier molecular flexibility index (Phi) is 5.48. The topological polar surface area (TPSA) is 20.3 Å². The van der Waals surface area contributed by atoms with Gasteiger partial charge in [-0.05, 0) is 44.1 Å². The van der Waals surface area contributed by atoms with Gasteiger partial charge in [0.25, 0.3) is 0 Å². The van der Waals surface area contributed by atoms with Crippen molar-refractivity contribution < 1.29 is 9.18 Å². The van der Waals surface area contributed by atoms with Gasteiger partial charge in [-0.2, -0.15) is 0 Å². The Morgan fingerprint density at radius 2 is 1.83 bits per heavy atom. The molecule has 1 aromatic rings. The summed E-state index contributed by atoms with van der Waals surface area (Å²) in [6.45, 7) is 10.3. The van der Waals surface area contributed by atoms with Gasteiger partial charge in [0.1, 0.15) is 5.82 Å². The zero-order valence-electron chi connectivity index (χ0n) is 11.7. The maximum absolute atomic E-state index is 13.8. The maximum atomic E-state index is 13.8. The summed E-state index contributed by atoms with van der Waals surface area (Å²) in [5.74, 6) is -0.492. The molecule has 0 spiro atoms. The summed E-state index contributed by atoms with van der Waals surface area (Å²) in [6.07, 6.45) is 0.377. The van der Waals surface area contributed by atoms with Crippen molar-refractivity contribution in [3.63, 3.8) is 0 Å². The maximum Gasteiger partial charge on any atom is 0.167 e. The predicted molar refractivity (Wildman–Crippen MR) is 72.6 cm³/mol. The van der Waals surface area contributed by atoms with Gasteiger partial charge in [0.15, 0.2) is 5.78 Å². The number of Topliss-reactive ketones (excluding diaryl/α,β-unsaturated/α-hetero) is 1. The molecule has 3 heteroatoms. The van der Waals surface area contributed by atoms with Gasteiger partial charge in [0.2, 0.25) is 0 Å². The van der Waals surface area contributed by atoms with Gasteiger partial charge in [-0.25, -0.2) is 4.39 Å². The Balaban J connectivity index is 2.79. The zero-order chi connectivity index (χ0) is 13.7. The van der Waals surface area contributed by atoms with Crippen molar-refractivity contribution in [2.24, 2.45) is 0 Å². The van der Waals surface area contributed by atoms with E-state index in [9.17, 15) is 9.18 Å². The standard InChI is InChI=1S/C15H22FNO/c1-5-17(6-2)8-7-14(18)15-12(4)9-11(3)10-13(15)16/h9-10H,5-8H2,1-4H3. The summed E-state index contributed by atoms with van der Waals surface area (Å²) >= 11 is 0. The number of benzene rings is 1. The fraction of sp³-hybridized carbons (Fsp3) is 0.533. The lowest BCUT2D eigenvalue weighted by Crippen LogP contribution is -2.26. The molecule has 0 atom stereocenters. The lowest BCUT2D eigenvalue weighted by atomic mass is 9.99. The number of aryl methyl sites for hydroxylation is 2. The molecule has 0 unspecified atom stereocenters. The summed E-state index contributed by atoms with van der Waals surface area (Å²) in [5.41, 5.74) is 1.84. The number of halogens is 1. The molecule has 0 heterocycles. The number of hydrogen-bond acceptors (Lipinski definition) is 2. The highest BCUT2D eigenvalue weighted by Gasteiger charge is 2.15. The van der Waals surface area contributed by atoms with Crippen molar-refractivity contribution >= 4 is 5.78 Å². The summed E-state index contributed by atoms with van der Waals surface area (Å²) in [4.78, 5) is 14.2. The molecule has 0 radical (unpaired) electrons. The molecule has 18 heavy (non-hydrogen) atoms. The van der Waals surface area contributed by atoms with Crippen LogP contribution in [0.5, 0.6) is 0 Å². The van der Waals surface area contributed by atoms with Gasteiger partial charge in [-0.3, -0.25) is 4.79 Å². The van der Waals surface area contributed by atoms with E-state index in [1.54, 1.807) is 6.92 Å². The number of ketones is 1. The summed E-state index contributed by atoms with van der Waals surface area (Å²) < 4.78 is 13.8. The monoisotopic (exact) mass is 251 g/mol. The van der Waals surface area contributed by atoms with Gasteiger partial charge in [-0.15, -0.1) is 0 Å². The highest BCUT2D eigenvalue weighted by atomic mass is 19.1. The van der Waals surface area contributed by atoms with Crippen LogP contribution in [-0.2, 0) is 0 Å². The van der Waals surface area contributed by atoms with Crippen LogP contribution in [0.1, 0.15) is 41.8 Å². The van der Waals surface area contributed by atoms with Gasteiger partial charge in [0, 0.05) is 13.0 Å². The summed E-state index contributed by atoms with van der Waals surface area (Å²) in [5, 5.41) is 0. The van der Waals surface area contributed by atoms with Gasteiger partial charge >= 0.3 is 0 Å². The van der Waals surface area contributed by atoms with Crippen molar-refractivity contribution in [1.82, 2.24) is 4.90 Å². The van der Waals surface area contributed by atoms with Gasteiger partial charge < -0.3 is 4.90 Å². The van der Waals surface area contributed by atoms with Crippen LogP contribution >= 0.6 is 0 Å². The first kappa shape index (κ1) is 14.8. The molecule has 0 fully saturated rings. The first-order valence-electron chi connectivity index (χ1n) is 6.51. The van der Waals surface area contributed by atoms with Crippen molar-refractivity contribution in [3.05, 3.63) is 34.6 Å². The van der Waals surface area contributed by atoms with E-state index in [0.717, 1.165) is 24.2 Å². The zero-order valence-corrected chi connectivity index (χ0v) is 11.7. The van der Waals surface area contributed by atoms with Crippen LogP contribution in [0.4, 0.5) is 4.39 Å². The first-order chi connectivity index (χ1) is 8.49. The van der Waals surface area contributed by atoms with E-state index in [1.807, 2.05) is 13.0 Å². The SMILES string of the molecule is CCN(CC)CCC(=O)c1c(C)cc(C)cc1F. The van der Waals surface area contributed by atoms with Crippen molar-refractivity contribution in [2.75, 3.05) is 19.6 Å².